The number of hydrogen-bond donors (Lipinski definition) is 0. The second-order valence-electron chi connectivity index (χ2n) is 4.08. The zero-order valence-corrected chi connectivity index (χ0v) is 7.58. The van der Waals surface area contributed by atoms with Crippen molar-refractivity contribution in [2.75, 3.05) is 7.11 Å². The maximum absolute atomic E-state index is 11.4. The molecule has 0 aliphatic heterocycles. The van der Waals surface area contributed by atoms with E-state index >= 15 is 0 Å². The van der Waals surface area contributed by atoms with E-state index in [1.54, 1.807) is 7.11 Å². The van der Waals surface area contributed by atoms with Crippen molar-refractivity contribution in [1.82, 2.24) is 0 Å². The number of ketones is 1. The number of Topliss-reactive ketones (excluding diaryl/α,β-unsaturated/α-hetero) is 1. The van der Waals surface area contributed by atoms with Gasteiger partial charge in [0.25, 0.3) is 0 Å². The summed E-state index contributed by atoms with van der Waals surface area (Å²) in [5.41, 5.74) is 0. The number of methoxy groups -OCH3 is 1. The number of fused-ring (bicyclic) bond motifs is 1. The summed E-state index contributed by atoms with van der Waals surface area (Å²) in [6.07, 6.45) is 5.59. The van der Waals surface area contributed by atoms with Gasteiger partial charge >= 0.3 is 0 Å². The number of carbonyl (C=O) groups excluding carboxylic acids is 1. The number of carbonyl (C=O) groups is 1. The summed E-state index contributed by atoms with van der Waals surface area (Å²) in [6.45, 7) is 0. The first-order chi connectivity index (χ1) is 5.81. The van der Waals surface area contributed by atoms with E-state index in [0.717, 1.165) is 18.8 Å². The van der Waals surface area contributed by atoms with Crippen molar-refractivity contribution in [3.05, 3.63) is 0 Å². The Hall–Kier alpha value is -0.370. The summed E-state index contributed by atoms with van der Waals surface area (Å²) in [5, 5.41) is 0. The zero-order valence-electron chi connectivity index (χ0n) is 7.58. The normalized spacial score (nSPS) is 41.4. The van der Waals surface area contributed by atoms with E-state index in [-0.39, 0.29) is 6.10 Å². The lowest BCUT2D eigenvalue weighted by atomic mass is 9.79. The van der Waals surface area contributed by atoms with Crippen molar-refractivity contribution in [2.45, 2.75) is 38.2 Å². The third-order valence-electron chi connectivity index (χ3n) is 3.44. The van der Waals surface area contributed by atoms with Crippen LogP contribution in [0, 0.1) is 11.8 Å². The maximum atomic E-state index is 11.4. The lowest BCUT2D eigenvalue weighted by Gasteiger charge is -2.29. The van der Waals surface area contributed by atoms with E-state index in [1.807, 2.05) is 0 Å². The molecule has 2 aliphatic rings. The van der Waals surface area contributed by atoms with Gasteiger partial charge in [-0.2, -0.15) is 0 Å². The van der Waals surface area contributed by atoms with E-state index < -0.39 is 0 Å². The van der Waals surface area contributed by atoms with Gasteiger partial charge in [0.05, 0.1) is 0 Å². The van der Waals surface area contributed by atoms with E-state index in [0.29, 0.717) is 11.7 Å². The topological polar surface area (TPSA) is 26.3 Å². The van der Waals surface area contributed by atoms with Gasteiger partial charge in [-0.15, -0.1) is 0 Å². The number of rotatable bonds is 1. The molecule has 0 heterocycles. The van der Waals surface area contributed by atoms with Crippen molar-refractivity contribution >= 4 is 5.78 Å². The fourth-order valence-electron chi connectivity index (χ4n) is 2.72. The van der Waals surface area contributed by atoms with Crippen LogP contribution in [0.1, 0.15) is 32.1 Å². The van der Waals surface area contributed by atoms with Crippen LogP contribution in [-0.2, 0) is 9.53 Å². The van der Waals surface area contributed by atoms with Crippen molar-refractivity contribution in [2.24, 2.45) is 11.8 Å². The summed E-state index contributed by atoms with van der Waals surface area (Å²) < 4.78 is 5.16. The van der Waals surface area contributed by atoms with Crippen molar-refractivity contribution in [3.63, 3.8) is 0 Å². The van der Waals surface area contributed by atoms with E-state index in [4.69, 9.17) is 4.74 Å². The number of ether oxygens (including phenoxy) is 1. The molecule has 2 aliphatic carbocycles. The smallest absolute Gasteiger partial charge is 0.161 e. The molecule has 0 saturated heterocycles. The van der Waals surface area contributed by atoms with Crippen LogP contribution in [-0.4, -0.2) is 19.0 Å². The summed E-state index contributed by atoms with van der Waals surface area (Å²) in [5.74, 6) is 1.82. The molecule has 0 aromatic carbocycles. The molecule has 2 saturated carbocycles. The molecular weight excluding hydrogens is 152 g/mol. The summed E-state index contributed by atoms with van der Waals surface area (Å²) in [7, 11) is 1.65. The minimum atomic E-state index is -0.0793. The third-order valence-corrected chi connectivity index (χ3v) is 3.44. The molecule has 0 radical (unpaired) electrons. The van der Waals surface area contributed by atoms with Gasteiger partial charge in [-0.3, -0.25) is 4.79 Å². The SMILES string of the molecule is COC1CC2CCCC2CC1=O. The van der Waals surface area contributed by atoms with Gasteiger partial charge in [0.15, 0.2) is 5.78 Å². The maximum Gasteiger partial charge on any atom is 0.161 e. The van der Waals surface area contributed by atoms with Gasteiger partial charge in [0, 0.05) is 13.5 Å². The molecule has 3 unspecified atom stereocenters. The monoisotopic (exact) mass is 168 g/mol. The average Bonchev–Trinajstić information content (AvgIpc) is 2.49. The van der Waals surface area contributed by atoms with Crippen LogP contribution in [0.2, 0.25) is 0 Å². The lowest BCUT2D eigenvalue weighted by Crippen LogP contribution is -2.34. The molecule has 2 fully saturated rings. The Morgan fingerprint density at radius 1 is 1.33 bits per heavy atom. The Labute approximate surface area is 73.3 Å². The Bertz CT molecular complexity index is 188. The Morgan fingerprint density at radius 2 is 2.08 bits per heavy atom. The van der Waals surface area contributed by atoms with Crippen LogP contribution in [0.15, 0.2) is 0 Å². The molecule has 0 N–H and O–H groups in total. The number of hydrogen-bond acceptors (Lipinski definition) is 2. The fraction of sp³-hybridized carbons (Fsp3) is 0.900. The molecule has 0 aromatic heterocycles. The zero-order chi connectivity index (χ0) is 8.55. The van der Waals surface area contributed by atoms with Crippen molar-refractivity contribution in [3.8, 4) is 0 Å². The van der Waals surface area contributed by atoms with Gasteiger partial charge in [0.1, 0.15) is 6.10 Å². The van der Waals surface area contributed by atoms with E-state index in [9.17, 15) is 4.79 Å². The first kappa shape index (κ1) is 8.24. The average molecular weight is 168 g/mol. The van der Waals surface area contributed by atoms with Crippen molar-refractivity contribution in [1.29, 1.82) is 0 Å². The van der Waals surface area contributed by atoms with Crippen LogP contribution in [0.3, 0.4) is 0 Å². The second-order valence-corrected chi connectivity index (χ2v) is 4.08. The highest BCUT2D eigenvalue weighted by atomic mass is 16.5. The molecule has 2 rings (SSSR count). The molecule has 0 spiro atoms. The summed E-state index contributed by atoms with van der Waals surface area (Å²) in [4.78, 5) is 11.4. The van der Waals surface area contributed by atoms with Gasteiger partial charge in [0.2, 0.25) is 0 Å². The fourth-order valence-corrected chi connectivity index (χ4v) is 2.72. The quantitative estimate of drug-likeness (QED) is 0.596. The lowest BCUT2D eigenvalue weighted by molar-refractivity contribution is -0.134. The standard InChI is InChI=1S/C10H16O2/c1-12-10-6-8-4-2-3-7(8)5-9(10)11/h7-8,10H,2-6H2,1H3. The van der Waals surface area contributed by atoms with Crippen LogP contribution in [0.25, 0.3) is 0 Å². The highest BCUT2D eigenvalue weighted by Gasteiger charge is 2.38. The molecule has 2 nitrogen and oxygen atoms in total. The molecule has 0 amide bonds. The summed E-state index contributed by atoms with van der Waals surface area (Å²) in [6, 6.07) is 0. The largest absolute Gasteiger partial charge is 0.374 e. The van der Waals surface area contributed by atoms with Crippen LogP contribution < -0.4 is 0 Å². The van der Waals surface area contributed by atoms with Crippen LogP contribution in [0.5, 0.6) is 0 Å². The predicted octanol–water partition coefficient (Wildman–Crippen LogP) is 1.78. The Morgan fingerprint density at radius 3 is 2.83 bits per heavy atom. The Kier molecular flexibility index (Phi) is 2.18. The van der Waals surface area contributed by atoms with Crippen LogP contribution in [0.4, 0.5) is 0 Å². The molecule has 3 atom stereocenters. The summed E-state index contributed by atoms with van der Waals surface area (Å²) >= 11 is 0. The van der Waals surface area contributed by atoms with Gasteiger partial charge in [-0.25, -0.2) is 0 Å². The molecule has 0 bridgehead atoms. The molecule has 2 heteroatoms. The minimum absolute atomic E-state index is 0.0793. The third kappa shape index (κ3) is 1.28. The van der Waals surface area contributed by atoms with E-state index in [1.165, 1.54) is 19.3 Å². The first-order valence-electron chi connectivity index (χ1n) is 4.86. The molecular formula is C10H16O2. The molecule has 12 heavy (non-hydrogen) atoms. The highest BCUT2D eigenvalue weighted by molar-refractivity contribution is 5.84. The minimum Gasteiger partial charge on any atom is -0.374 e. The highest BCUT2D eigenvalue weighted by Crippen LogP contribution is 2.41. The second kappa shape index (κ2) is 3.17. The Balaban J connectivity index is 2.03. The van der Waals surface area contributed by atoms with Crippen LogP contribution >= 0.6 is 0 Å². The molecule has 68 valence electrons. The van der Waals surface area contributed by atoms with Gasteiger partial charge < -0.3 is 4.74 Å². The molecule has 0 aromatic rings. The predicted molar refractivity (Wildman–Crippen MR) is 45.9 cm³/mol. The van der Waals surface area contributed by atoms with Crippen molar-refractivity contribution < 1.29 is 9.53 Å². The van der Waals surface area contributed by atoms with E-state index in [2.05, 4.69) is 0 Å². The van der Waals surface area contributed by atoms with Gasteiger partial charge in [-0.05, 0) is 24.7 Å². The van der Waals surface area contributed by atoms with Gasteiger partial charge in [-0.1, -0.05) is 12.8 Å². The first-order valence-corrected chi connectivity index (χ1v) is 4.86.